The molecule has 4 atom stereocenters. The molecule has 0 aromatic carbocycles. The van der Waals surface area contributed by atoms with Gasteiger partial charge >= 0.3 is 0 Å². The van der Waals surface area contributed by atoms with Gasteiger partial charge in [0.05, 0.1) is 18.6 Å². The molecule has 30 heavy (non-hydrogen) atoms. The molecule has 1 rings (SSSR count). The molecule has 1 heterocycles. The lowest BCUT2D eigenvalue weighted by Gasteiger charge is -2.29. The second-order valence-corrected chi connectivity index (χ2v) is 8.33. The van der Waals surface area contributed by atoms with Gasteiger partial charge in [0.1, 0.15) is 12.1 Å². The van der Waals surface area contributed by atoms with Gasteiger partial charge < -0.3 is 26.6 Å². The van der Waals surface area contributed by atoms with Crippen molar-refractivity contribution in [3.63, 3.8) is 0 Å². The quantitative estimate of drug-likeness (QED) is 0.347. The van der Waals surface area contributed by atoms with Crippen LogP contribution in [0.15, 0.2) is 0 Å². The third-order valence-corrected chi connectivity index (χ3v) is 5.00. The average Bonchev–Trinajstić information content (AvgIpc) is 3.15. The number of hydrogen-bond acceptors (Lipinski definition) is 6. The molecule has 0 bridgehead atoms. The molecule has 10 nitrogen and oxygen atoms in total. The van der Waals surface area contributed by atoms with Gasteiger partial charge in [0, 0.05) is 6.54 Å². The predicted octanol–water partition coefficient (Wildman–Crippen LogP) is -1.17. The lowest BCUT2D eigenvalue weighted by Crippen LogP contribution is -2.56. The maximum Gasteiger partial charge on any atom is 0.246 e. The van der Waals surface area contributed by atoms with Crippen LogP contribution in [0.25, 0.3) is 0 Å². The van der Waals surface area contributed by atoms with Gasteiger partial charge in [-0.15, -0.1) is 0 Å². The lowest BCUT2D eigenvalue weighted by atomic mass is 10.0. The molecular weight excluding hydrogens is 390 g/mol. The zero-order valence-electron chi connectivity index (χ0n) is 18.4. The normalized spacial score (nSPS) is 19.2. The number of nitrogens with zero attached hydrogens (tertiary/aromatic N) is 1. The van der Waals surface area contributed by atoms with Gasteiger partial charge in [-0.3, -0.25) is 24.0 Å². The summed E-state index contributed by atoms with van der Waals surface area (Å²) in [5.41, 5.74) is 5.52. The molecule has 0 aromatic rings. The minimum Gasteiger partial charge on any atom is -0.345 e. The number of nitrogens with two attached hydrogens (primary N) is 1. The molecule has 0 saturated carbocycles. The van der Waals surface area contributed by atoms with Crippen LogP contribution < -0.4 is 21.7 Å². The van der Waals surface area contributed by atoms with E-state index in [2.05, 4.69) is 16.0 Å². The summed E-state index contributed by atoms with van der Waals surface area (Å²) >= 11 is 0. The summed E-state index contributed by atoms with van der Waals surface area (Å²) in [6, 6.07) is -3.01. The van der Waals surface area contributed by atoms with E-state index in [0.29, 0.717) is 19.4 Å². The van der Waals surface area contributed by atoms with Crippen molar-refractivity contribution in [2.45, 2.75) is 71.6 Å². The maximum absolute atomic E-state index is 12.8. The average molecular weight is 425 g/mol. The van der Waals surface area contributed by atoms with Crippen LogP contribution in [-0.2, 0) is 24.0 Å². The molecule has 1 saturated heterocycles. The first-order valence-corrected chi connectivity index (χ1v) is 10.3. The molecule has 0 aliphatic carbocycles. The Morgan fingerprint density at radius 3 is 2.10 bits per heavy atom. The Hall–Kier alpha value is -2.49. The van der Waals surface area contributed by atoms with Crippen LogP contribution in [0, 0.1) is 11.8 Å². The highest BCUT2D eigenvalue weighted by molar-refractivity contribution is 5.93. The highest BCUT2D eigenvalue weighted by Gasteiger charge is 2.35. The van der Waals surface area contributed by atoms with Crippen LogP contribution in [0.1, 0.15) is 47.5 Å². The number of carbonyl (C=O) groups is 4. The summed E-state index contributed by atoms with van der Waals surface area (Å²) in [4.78, 5) is 61.9. The number of carbonyl (C=O) groups excluding carboxylic acids is 5. The SMILES string of the molecule is CC(C)[C@H](NC(=O)[C@H](C)N)C(=O)NCC(=O)N[C@H](C(=O)N1CCC[C@H]1[C]=O)C(C)C. The predicted molar refractivity (Wildman–Crippen MR) is 111 cm³/mol. The summed E-state index contributed by atoms with van der Waals surface area (Å²) in [6.45, 7) is 8.70. The van der Waals surface area contributed by atoms with E-state index in [4.69, 9.17) is 5.73 Å². The van der Waals surface area contributed by atoms with Gasteiger partial charge in [0.2, 0.25) is 29.9 Å². The zero-order valence-corrected chi connectivity index (χ0v) is 18.4. The number of amides is 4. The maximum atomic E-state index is 12.8. The number of likely N-dealkylation sites (tertiary alicyclic amines) is 1. The summed E-state index contributed by atoms with van der Waals surface area (Å²) in [6.07, 6.45) is 3.15. The molecule has 10 heteroatoms. The van der Waals surface area contributed by atoms with E-state index in [1.54, 1.807) is 27.7 Å². The summed E-state index contributed by atoms with van der Waals surface area (Å²) in [7, 11) is 0. The topological polar surface area (TPSA) is 151 Å². The van der Waals surface area contributed by atoms with E-state index in [9.17, 15) is 24.0 Å². The third kappa shape index (κ3) is 7.08. The van der Waals surface area contributed by atoms with Crippen LogP contribution in [-0.4, -0.2) is 72.1 Å². The standard InChI is InChI=1S/C20H34N5O5/c1-11(2)16(24-18(28)13(5)21)19(29)22-9-15(27)23-17(12(3)4)20(30)25-8-6-7-14(25)10-26/h11-14,16-17H,6-9,21H2,1-5H3,(H,22,29)(H,23,27)(H,24,28)/t13-,14-,16-,17-/m0/s1. The van der Waals surface area contributed by atoms with E-state index >= 15 is 0 Å². The van der Waals surface area contributed by atoms with Gasteiger partial charge in [0.15, 0.2) is 0 Å². The first-order chi connectivity index (χ1) is 14.0. The van der Waals surface area contributed by atoms with Crippen molar-refractivity contribution < 1.29 is 24.0 Å². The van der Waals surface area contributed by atoms with Gasteiger partial charge in [-0.25, -0.2) is 0 Å². The lowest BCUT2D eigenvalue weighted by molar-refractivity contribution is -0.137. The van der Waals surface area contributed by atoms with E-state index in [0.717, 1.165) is 0 Å². The van der Waals surface area contributed by atoms with Crippen LogP contribution in [0.5, 0.6) is 0 Å². The van der Waals surface area contributed by atoms with Gasteiger partial charge in [0.25, 0.3) is 0 Å². The smallest absolute Gasteiger partial charge is 0.246 e. The summed E-state index contributed by atoms with van der Waals surface area (Å²) in [5, 5.41) is 7.69. The Kier molecular flexibility index (Phi) is 9.91. The number of hydrogen-bond donors (Lipinski definition) is 4. The molecule has 0 aromatic heterocycles. The molecule has 169 valence electrons. The Labute approximate surface area is 177 Å². The summed E-state index contributed by atoms with van der Waals surface area (Å²) < 4.78 is 0. The van der Waals surface area contributed by atoms with E-state index in [1.165, 1.54) is 11.8 Å². The van der Waals surface area contributed by atoms with E-state index in [1.807, 2.05) is 6.29 Å². The minimum absolute atomic E-state index is 0.209. The molecule has 1 radical (unpaired) electrons. The Balaban J connectivity index is 2.69. The molecule has 1 fully saturated rings. The van der Waals surface area contributed by atoms with Crippen LogP contribution in [0.3, 0.4) is 0 Å². The highest BCUT2D eigenvalue weighted by Crippen LogP contribution is 2.18. The highest BCUT2D eigenvalue weighted by atomic mass is 16.2. The molecule has 0 spiro atoms. The Bertz CT molecular complexity index is 649. The summed E-state index contributed by atoms with van der Waals surface area (Å²) in [5.74, 6) is -2.28. The minimum atomic E-state index is -0.840. The fraction of sp³-hybridized carbons (Fsp3) is 0.750. The van der Waals surface area contributed by atoms with Crippen molar-refractivity contribution in [3.8, 4) is 0 Å². The van der Waals surface area contributed by atoms with Crippen molar-refractivity contribution in [1.29, 1.82) is 0 Å². The number of rotatable bonds is 10. The van der Waals surface area contributed by atoms with Crippen molar-refractivity contribution in [2.75, 3.05) is 13.1 Å². The van der Waals surface area contributed by atoms with E-state index in [-0.39, 0.29) is 24.3 Å². The van der Waals surface area contributed by atoms with E-state index < -0.39 is 41.9 Å². The first-order valence-electron chi connectivity index (χ1n) is 10.3. The molecule has 1 aliphatic rings. The molecule has 5 N–H and O–H groups in total. The van der Waals surface area contributed by atoms with Gasteiger partial charge in [-0.1, -0.05) is 27.7 Å². The van der Waals surface area contributed by atoms with Crippen LogP contribution in [0.4, 0.5) is 0 Å². The van der Waals surface area contributed by atoms with Crippen LogP contribution >= 0.6 is 0 Å². The van der Waals surface area contributed by atoms with Gasteiger partial charge in [-0.2, -0.15) is 0 Å². The largest absolute Gasteiger partial charge is 0.345 e. The fourth-order valence-corrected chi connectivity index (χ4v) is 3.17. The van der Waals surface area contributed by atoms with Crippen molar-refractivity contribution in [2.24, 2.45) is 17.6 Å². The zero-order chi connectivity index (χ0) is 23.0. The van der Waals surface area contributed by atoms with Crippen molar-refractivity contribution in [1.82, 2.24) is 20.9 Å². The second kappa shape index (κ2) is 11.6. The monoisotopic (exact) mass is 424 g/mol. The Morgan fingerprint density at radius 2 is 1.60 bits per heavy atom. The van der Waals surface area contributed by atoms with Gasteiger partial charge in [-0.05, 0) is 31.6 Å². The third-order valence-electron chi connectivity index (χ3n) is 5.00. The van der Waals surface area contributed by atoms with Crippen molar-refractivity contribution in [3.05, 3.63) is 0 Å². The molecular formula is C20H34N5O5. The van der Waals surface area contributed by atoms with Crippen molar-refractivity contribution >= 4 is 29.9 Å². The second-order valence-electron chi connectivity index (χ2n) is 8.33. The molecule has 4 amide bonds. The number of nitrogens with one attached hydrogen (secondary N) is 3. The first kappa shape index (κ1) is 25.5. The van der Waals surface area contributed by atoms with Crippen LogP contribution in [0.2, 0.25) is 0 Å². The molecule has 0 unspecified atom stereocenters. The Morgan fingerprint density at radius 1 is 1.00 bits per heavy atom. The fourth-order valence-electron chi connectivity index (χ4n) is 3.17. The molecule has 1 aliphatic heterocycles.